The predicted octanol–water partition coefficient (Wildman–Crippen LogP) is 6.41. The summed E-state index contributed by atoms with van der Waals surface area (Å²) in [5, 5.41) is 3.90. The summed E-state index contributed by atoms with van der Waals surface area (Å²) in [4.78, 5) is 0.573. The smallest absolute Gasteiger partial charge is 0.0443 e. The van der Waals surface area contributed by atoms with E-state index in [-0.39, 0.29) is 0 Å². The predicted molar refractivity (Wildman–Crippen MR) is 94.0 cm³/mol. The first-order valence-electron chi connectivity index (χ1n) is 8.40. The van der Waals surface area contributed by atoms with E-state index in [2.05, 4.69) is 45.6 Å². The Morgan fingerprint density at radius 1 is 0.952 bits per heavy atom. The van der Waals surface area contributed by atoms with E-state index in [1.807, 2.05) is 11.3 Å². The molecule has 21 heavy (non-hydrogen) atoms. The lowest BCUT2D eigenvalue weighted by molar-refractivity contribution is -0.0363. The second kappa shape index (κ2) is 4.83. The number of hydrogen-bond donors (Lipinski definition) is 0. The van der Waals surface area contributed by atoms with Crippen LogP contribution in [-0.2, 0) is 0 Å². The highest BCUT2D eigenvalue weighted by atomic mass is 79.9. The fourth-order valence-electron chi connectivity index (χ4n) is 5.86. The summed E-state index contributed by atoms with van der Waals surface area (Å²) in [5.74, 6) is 5.01. The van der Waals surface area contributed by atoms with Crippen molar-refractivity contribution in [3.63, 3.8) is 0 Å². The van der Waals surface area contributed by atoms with Crippen LogP contribution in [0.25, 0.3) is 10.1 Å². The minimum absolute atomic E-state index is 0.573. The maximum atomic E-state index is 4.14. The molecule has 1 heterocycles. The zero-order chi connectivity index (χ0) is 14.0. The maximum absolute atomic E-state index is 4.14. The molecular weight excluding hydrogens is 340 g/mol. The van der Waals surface area contributed by atoms with Crippen molar-refractivity contribution >= 4 is 37.4 Å². The molecule has 1 aromatic heterocycles. The summed E-state index contributed by atoms with van der Waals surface area (Å²) >= 11 is 6.06. The van der Waals surface area contributed by atoms with Gasteiger partial charge in [0.25, 0.3) is 0 Å². The van der Waals surface area contributed by atoms with Crippen molar-refractivity contribution in [3.05, 3.63) is 35.2 Å². The Labute approximate surface area is 139 Å². The van der Waals surface area contributed by atoms with Crippen LogP contribution in [0.3, 0.4) is 0 Å². The molecular formula is C19H21BrS. The SMILES string of the molecule is BrC(c1csc2ccccc12)C1C2CC3CC(C2)CC1C3. The van der Waals surface area contributed by atoms with Crippen LogP contribution < -0.4 is 0 Å². The number of halogens is 1. The van der Waals surface area contributed by atoms with E-state index >= 15 is 0 Å². The quantitative estimate of drug-likeness (QED) is 0.542. The molecule has 4 saturated carbocycles. The van der Waals surface area contributed by atoms with E-state index in [9.17, 15) is 0 Å². The van der Waals surface area contributed by atoms with Crippen molar-refractivity contribution in [1.82, 2.24) is 0 Å². The van der Waals surface area contributed by atoms with Crippen LogP contribution in [-0.4, -0.2) is 0 Å². The zero-order valence-corrected chi connectivity index (χ0v) is 14.6. The number of thiophene rings is 1. The van der Waals surface area contributed by atoms with Gasteiger partial charge in [-0.2, -0.15) is 0 Å². The van der Waals surface area contributed by atoms with Gasteiger partial charge in [0.05, 0.1) is 0 Å². The lowest BCUT2D eigenvalue weighted by Crippen LogP contribution is -2.46. The summed E-state index contributed by atoms with van der Waals surface area (Å²) in [6.07, 6.45) is 7.61. The highest BCUT2D eigenvalue weighted by Crippen LogP contribution is 2.61. The molecule has 4 aliphatic rings. The molecule has 0 saturated heterocycles. The molecule has 2 aromatic rings. The maximum Gasteiger partial charge on any atom is 0.0443 e. The Hall–Kier alpha value is -0.340. The summed E-state index contributed by atoms with van der Waals surface area (Å²) in [5.41, 5.74) is 1.56. The fourth-order valence-corrected chi connectivity index (χ4v) is 8.28. The van der Waals surface area contributed by atoms with E-state index in [1.165, 1.54) is 35.8 Å². The van der Waals surface area contributed by atoms with Crippen LogP contribution in [0.4, 0.5) is 0 Å². The van der Waals surface area contributed by atoms with Gasteiger partial charge >= 0.3 is 0 Å². The summed E-state index contributed by atoms with van der Waals surface area (Å²) in [7, 11) is 0. The third-order valence-electron chi connectivity index (χ3n) is 6.45. The Bertz CT molecular complexity index is 645. The van der Waals surface area contributed by atoms with Crippen LogP contribution in [0, 0.1) is 29.6 Å². The number of fused-ring (bicyclic) bond motifs is 1. The van der Waals surface area contributed by atoms with Gasteiger partial charge in [0.2, 0.25) is 0 Å². The highest BCUT2D eigenvalue weighted by molar-refractivity contribution is 9.09. The summed E-state index contributed by atoms with van der Waals surface area (Å²) in [6.45, 7) is 0. The molecule has 0 radical (unpaired) electrons. The van der Waals surface area contributed by atoms with E-state index < -0.39 is 0 Å². The van der Waals surface area contributed by atoms with Gasteiger partial charge in [-0.1, -0.05) is 34.1 Å². The van der Waals surface area contributed by atoms with Crippen molar-refractivity contribution in [2.45, 2.75) is 36.9 Å². The normalized spacial score (nSPS) is 39.0. The summed E-state index contributed by atoms with van der Waals surface area (Å²) < 4.78 is 1.45. The first kappa shape index (κ1) is 13.1. The Morgan fingerprint density at radius 2 is 1.62 bits per heavy atom. The minimum Gasteiger partial charge on any atom is -0.143 e. The van der Waals surface area contributed by atoms with Crippen LogP contribution in [0.1, 0.15) is 42.5 Å². The van der Waals surface area contributed by atoms with Gasteiger partial charge in [-0.15, -0.1) is 11.3 Å². The number of hydrogen-bond acceptors (Lipinski definition) is 1. The van der Waals surface area contributed by atoms with Crippen LogP contribution >= 0.6 is 27.3 Å². The molecule has 4 aliphatic carbocycles. The lowest BCUT2D eigenvalue weighted by atomic mass is 9.51. The van der Waals surface area contributed by atoms with Gasteiger partial charge in [0.1, 0.15) is 0 Å². The van der Waals surface area contributed by atoms with Gasteiger partial charge in [0, 0.05) is 9.53 Å². The fraction of sp³-hybridized carbons (Fsp3) is 0.579. The molecule has 0 aliphatic heterocycles. The lowest BCUT2D eigenvalue weighted by Gasteiger charge is -2.55. The van der Waals surface area contributed by atoms with Gasteiger partial charge in [0.15, 0.2) is 0 Å². The topological polar surface area (TPSA) is 0 Å². The van der Waals surface area contributed by atoms with Gasteiger partial charge in [-0.3, -0.25) is 0 Å². The number of alkyl halides is 1. The number of rotatable bonds is 2. The molecule has 1 unspecified atom stereocenters. The second-order valence-corrected chi connectivity index (χ2v) is 9.49. The van der Waals surface area contributed by atoms with Crippen LogP contribution in [0.2, 0.25) is 0 Å². The second-order valence-electron chi connectivity index (χ2n) is 7.60. The average molecular weight is 361 g/mol. The third kappa shape index (κ3) is 1.98. The first-order chi connectivity index (χ1) is 10.3. The molecule has 0 nitrogen and oxygen atoms in total. The molecule has 6 rings (SSSR count). The number of benzene rings is 1. The third-order valence-corrected chi connectivity index (χ3v) is 8.53. The summed E-state index contributed by atoms with van der Waals surface area (Å²) in [6, 6.07) is 8.93. The van der Waals surface area contributed by atoms with E-state index in [4.69, 9.17) is 0 Å². The van der Waals surface area contributed by atoms with Gasteiger partial charge in [-0.05, 0) is 84.1 Å². The molecule has 0 amide bonds. The van der Waals surface area contributed by atoms with E-state index in [1.54, 1.807) is 12.0 Å². The highest BCUT2D eigenvalue weighted by Gasteiger charge is 2.50. The molecule has 1 aromatic carbocycles. The molecule has 1 atom stereocenters. The standard InChI is InChI=1S/C19H21BrS/c20-19(16-10-21-17-4-2-1-3-15(16)17)18-13-6-11-5-12(8-13)9-14(18)7-11/h1-4,10-14,18-19H,5-9H2. The van der Waals surface area contributed by atoms with Gasteiger partial charge in [-0.25, -0.2) is 0 Å². The molecule has 0 N–H and O–H groups in total. The van der Waals surface area contributed by atoms with Crippen molar-refractivity contribution in [2.24, 2.45) is 29.6 Å². The first-order valence-corrected chi connectivity index (χ1v) is 10.2. The Kier molecular flexibility index (Phi) is 3.02. The molecule has 110 valence electrons. The van der Waals surface area contributed by atoms with Gasteiger partial charge < -0.3 is 0 Å². The molecule has 2 heteroatoms. The van der Waals surface area contributed by atoms with E-state index in [0.29, 0.717) is 4.83 Å². The van der Waals surface area contributed by atoms with Crippen LogP contribution in [0.5, 0.6) is 0 Å². The zero-order valence-electron chi connectivity index (χ0n) is 12.2. The Balaban J connectivity index is 1.52. The van der Waals surface area contributed by atoms with Crippen LogP contribution in [0.15, 0.2) is 29.6 Å². The minimum atomic E-state index is 0.573. The van der Waals surface area contributed by atoms with Crippen molar-refractivity contribution < 1.29 is 0 Å². The molecule has 4 fully saturated rings. The van der Waals surface area contributed by atoms with Crippen molar-refractivity contribution in [1.29, 1.82) is 0 Å². The largest absolute Gasteiger partial charge is 0.143 e. The van der Waals surface area contributed by atoms with E-state index in [0.717, 1.165) is 29.6 Å². The van der Waals surface area contributed by atoms with Crippen molar-refractivity contribution in [3.8, 4) is 0 Å². The average Bonchev–Trinajstić information content (AvgIpc) is 2.89. The van der Waals surface area contributed by atoms with Crippen molar-refractivity contribution in [2.75, 3.05) is 0 Å². The molecule has 4 bridgehead atoms. The Morgan fingerprint density at radius 3 is 2.33 bits per heavy atom. The molecule has 0 spiro atoms. The monoisotopic (exact) mass is 360 g/mol.